The van der Waals surface area contributed by atoms with E-state index in [1.807, 2.05) is 12.1 Å². The van der Waals surface area contributed by atoms with Crippen molar-refractivity contribution in [1.29, 1.82) is 0 Å². The largest absolute Gasteiger partial charge is 0.325 e. The molecule has 0 atom stereocenters. The minimum atomic E-state index is 0.0465. The molecule has 0 heterocycles. The van der Waals surface area contributed by atoms with Gasteiger partial charge in [-0.15, -0.1) is 0 Å². The highest BCUT2D eigenvalue weighted by Gasteiger charge is 2.10. The van der Waals surface area contributed by atoms with Gasteiger partial charge in [0.15, 0.2) is 0 Å². The fourth-order valence-electron chi connectivity index (χ4n) is 3.44. The molecule has 0 bridgehead atoms. The van der Waals surface area contributed by atoms with E-state index in [1.54, 1.807) is 11.8 Å². The van der Waals surface area contributed by atoms with Gasteiger partial charge in [0.2, 0.25) is 5.91 Å². The highest BCUT2D eigenvalue weighted by Crippen LogP contribution is 2.36. The molecule has 0 aliphatic heterocycles. The maximum absolute atomic E-state index is 11.9. The number of amides is 1. The van der Waals surface area contributed by atoms with Crippen LogP contribution in [0.4, 0.5) is 5.69 Å². The number of rotatable bonds is 5. The number of carbonyl (C=O) groups excluding carboxylic acids is 1. The summed E-state index contributed by atoms with van der Waals surface area (Å²) in [5.41, 5.74) is 3.23. The second-order valence-electron chi connectivity index (χ2n) is 6.46. The van der Waals surface area contributed by atoms with Crippen LogP contribution in [0.15, 0.2) is 78.9 Å². The molecule has 0 unspecified atom stereocenters. The van der Waals surface area contributed by atoms with Crippen LogP contribution in [0.5, 0.6) is 0 Å². The quantitative estimate of drug-likeness (QED) is 0.414. The van der Waals surface area contributed by atoms with Crippen LogP contribution in [0.1, 0.15) is 6.92 Å². The van der Waals surface area contributed by atoms with Crippen molar-refractivity contribution in [2.24, 2.45) is 0 Å². The predicted octanol–water partition coefficient (Wildman–Crippen LogP) is 6.35. The highest BCUT2D eigenvalue weighted by molar-refractivity contribution is 7.99. The number of benzene rings is 4. The number of fused-ring (bicyclic) bond motifs is 2. The van der Waals surface area contributed by atoms with Gasteiger partial charge in [-0.2, -0.15) is 11.8 Å². The van der Waals surface area contributed by atoms with Gasteiger partial charge in [-0.25, -0.2) is 0 Å². The normalized spacial score (nSPS) is 11.0. The van der Waals surface area contributed by atoms with E-state index in [-0.39, 0.29) is 5.91 Å². The van der Waals surface area contributed by atoms with E-state index in [9.17, 15) is 4.79 Å². The Kier molecular flexibility index (Phi) is 5.12. The first kappa shape index (κ1) is 17.6. The second kappa shape index (κ2) is 7.85. The number of hydrogen-bond acceptors (Lipinski definition) is 2. The number of hydrogen-bond donors (Lipinski definition) is 1. The number of carbonyl (C=O) groups is 1. The van der Waals surface area contributed by atoms with Gasteiger partial charge >= 0.3 is 0 Å². The van der Waals surface area contributed by atoms with Gasteiger partial charge in [-0.1, -0.05) is 67.6 Å². The molecule has 0 aromatic heterocycles. The Morgan fingerprint density at radius 1 is 0.852 bits per heavy atom. The van der Waals surface area contributed by atoms with E-state index in [4.69, 9.17) is 0 Å². The highest BCUT2D eigenvalue weighted by atomic mass is 32.2. The summed E-state index contributed by atoms with van der Waals surface area (Å²) in [6.07, 6.45) is 0. The van der Waals surface area contributed by atoms with Gasteiger partial charge in [0.25, 0.3) is 0 Å². The Morgan fingerprint density at radius 2 is 1.44 bits per heavy atom. The Hall–Kier alpha value is -2.78. The predicted molar refractivity (Wildman–Crippen MR) is 119 cm³/mol. The van der Waals surface area contributed by atoms with Crippen LogP contribution in [-0.2, 0) is 4.79 Å². The van der Waals surface area contributed by atoms with Crippen LogP contribution in [0.3, 0.4) is 0 Å². The maximum atomic E-state index is 11.9. The Balaban J connectivity index is 1.76. The van der Waals surface area contributed by atoms with Crippen molar-refractivity contribution in [2.45, 2.75) is 6.92 Å². The molecule has 1 amide bonds. The zero-order valence-corrected chi connectivity index (χ0v) is 16.1. The summed E-state index contributed by atoms with van der Waals surface area (Å²) >= 11 is 1.63. The van der Waals surface area contributed by atoms with Gasteiger partial charge < -0.3 is 5.32 Å². The lowest BCUT2D eigenvalue weighted by atomic mass is 9.92. The summed E-state index contributed by atoms with van der Waals surface area (Å²) in [6, 6.07) is 27.4. The summed E-state index contributed by atoms with van der Waals surface area (Å²) in [5, 5.41) is 7.93. The summed E-state index contributed by atoms with van der Waals surface area (Å²) in [4.78, 5) is 11.9. The van der Waals surface area contributed by atoms with E-state index in [2.05, 4.69) is 79.0 Å². The molecule has 0 aliphatic carbocycles. The van der Waals surface area contributed by atoms with Gasteiger partial charge in [0.05, 0.1) is 5.75 Å². The van der Waals surface area contributed by atoms with Crippen LogP contribution >= 0.6 is 11.8 Å². The molecule has 0 saturated heterocycles. The molecule has 0 spiro atoms. The molecule has 4 aromatic carbocycles. The van der Waals surface area contributed by atoms with Crippen molar-refractivity contribution in [2.75, 3.05) is 16.8 Å². The minimum absolute atomic E-state index is 0.0465. The van der Waals surface area contributed by atoms with Crippen LogP contribution in [0.2, 0.25) is 0 Å². The molecule has 1 N–H and O–H groups in total. The molecule has 4 rings (SSSR count). The fraction of sp³-hybridized carbons (Fsp3) is 0.125. The fourth-order valence-corrected chi connectivity index (χ4v) is 3.90. The third kappa shape index (κ3) is 3.69. The second-order valence-corrected chi connectivity index (χ2v) is 7.73. The molecule has 0 fully saturated rings. The van der Waals surface area contributed by atoms with E-state index < -0.39 is 0 Å². The van der Waals surface area contributed by atoms with Crippen LogP contribution in [0, 0.1) is 0 Å². The summed E-state index contributed by atoms with van der Waals surface area (Å²) < 4.78 is 0. The van der Waals surface area contributed by atoms with Crippen LogP contribution in [-0.4, -0.2) is 17.4 Å². The standard InChI is InChI=1S/C24H21NOS/c1-2-27-16-23(26)25-20-13-11-17(12-14-20)24-21-9-5-3-7-18(21)15-19-8-4-6-10-22(19)24/h3-15H,2,16H2,1H3,(H,25,26). The summed E-state index contributed by atoms with van der Waals surface area (Å²) in [6.45, 7) is 2.06. The van der Waals surface area contributed by atoms with E-state index in [0.717, 1.165) is 17.0 Å². The van der Waals surface area contributed by atoms with E-state index in [1.165, 1.54) is 27.1 Å². The van der Waals surface area contributed by atoms with E-state index in [0.29, 0.717) is 5.75 Å². The molecular formula is C24H21NOS. The van der Waals surface area contributed by atoms with Crippen molar-refractivity contribution < 1.29 is 4.79 Å². The molecule has 2 nitrogen and oxygen atoms in total. The zero-order chi connectivity index (χ0) is 18.6. The zero-order valence-electron chi connectivity index (χ0n) is 15.2. The molecule has 27 heavy (non-hydrogen) atoms. The number of thioether (sulfide) groups is 1. The topological polar surface area (TPSA) is 29.1 Å². The molecule has 4 aromatic rings. The first-order valence-electron chi connectivity index (χ1n) is 9.15. The maximum Gasteiger partial charge on any atom is 0.234 e. The molecular weight excluding hydrogens is 350 g/mol. The van der Waals surface area contributed by atoms with Crippen molar-refractivity contribution in [3.8, 4) is 11.1 Å². The van der Waals surface area contributed by atoms with Crippen molar-refractivity contribution in [3.63, 3.8) is 0 Å². The first-order chi connectivity index (χ1) is 13.3. The van der Waals surface area contributed by atoms with Gasteiger partial charge in [0.1, 0.15) is 0 Å². The smallest absolute Gasteiger partial charge is 0.234 e. The molecule has 0 radical (unpaired) electrons. The minimum Gasteiger partial charge on any atom is -0.325 e. The summed E-state index contributed by atoms with van der Waals surface area (Å²) in [7, 11) is 0. The molecule has 134 valence electrons. The summed E-state index contributed by atoms with van der Waals surface area (Å²) in [5.74, 6) is 1.48. The first-order valence-corrected chi connectivity index (χ1v) is 10.3. The number of anilines is 1. The Morgan fingerprint density at radius 3 is 2.04 bits per heavy atom. The van der Waals surface area contributed by atoms with E-state index >= 15 is 0 Å². The average Bonchev–Trinajstić information content (AvgIpc) is 2.71. The SMILES string of the molecule is CCSCC(=O)Nc1ccc(-c2c3ccccc3cc3ccccc23)cc1. The molecule has 3 heteroatoms. The van der Waals surface area contributed by atoms with Crippen molar-refractivity contribution in [1.82, 2.24) is 0 Å². The van der Waals surface area contributed by atoms with Crippen LogP contribution in [0.25, 0.3) is 32.7 Å². The monoisotopic (exact) mass is 371 g/mol. The lowest BCUT2D eigenvalue weighted by molar-refractivity contribution is -0.113. The van der Waals surface area contributed by atoms with Gasteiger partial charge in [0, 0.05) is 5.69 Å². The van der Waals surface area contributed by atoms with Crippen LogP contribution < -0.4 is 5.32 Å². The Labute approximate surface area is 163 Å². The third-order valence-electron chi connectivity index (χ3n) is 4.67. The molecule has 0 aliphatic rings. The third-order valence-corrected chi connectivity index (χ3v) is 5.54. The average molecular weight is 372 g/mol. The lowest BCUT2D eigenvalue weighted by Gasteiger charge is -2.13. The van der Waals surface area contributed by atoms with Gasteiger partial charge in [-0.05, 0) is 56.6 Å². The molecule has 0 saturated carbocycles. The van der Waals surface area contributed by atoms with Crippen molar-refractivity contribution in [3.05, 3.63) is 78.9 Å². The van der Waals surface area contributed by atoms with Crippen molar-refractivity contribution >= 4 is 44.9 Å². The number of nitrogens with one attached hydrogen (secondary N) is 1. The lowest BCUT2D eigenvalue weighted by Crippen LogP contribution is -2.14. The van der Waals surface area contributed by atoms with Gasteiger partial charge in [-0.3, -0.25) is 4.79 Å². The Bertz CT molecular complexity index is 1050.